The van der Waals surface area contributed by atoms with Crippen molar-refractivity contribution in [1.29, 1.82) is 0 Å². The number of sulfone groups is 1. The van der Waals surface area contributed by atoms with Gasteiger partial charge in [0.15, 0.2) is 0 Å². The number of benzene rings is 3. The molecule has 1 N–H and O–H groups in total. The van der Waals surface area contributed by atoms with E-state index in [1.54, 1.807) is 42.5 Å². The van der Waals surface area contributed by atoms with Crippen molar-refractivity contribution in [3.8, 4) is 11.4 Å². The Hall–Kier alpha value is -3.18. The Kier molecular flexibility index (Phi) is 6.02. The summed E-state index contributed by atoms with van der Waals surface area (Å²) in [5.41, 5.74) is 1.99. The molecule has 1 unspecified atom stereocenters. The molecule has 32 heavy (non-hydrogen) atoms. The second kappa shape index (κ2) is 8.75. The monoisotopic (exact) mass is 472 g/mol. The molecule has 8 nitrogen and oxygen atoms in total. The molecule has 0 spiro atoms. The highest BCUT2D eigenvalue weighted by Crippen LogP contribution is 2.28. The van der Waals surface area contributed by atoms with Gasteiger partial charge in [-0.3, -0.25) is 4.55 Å². The van der Waals surface area contributed by atoms with Crippen LogP contribution < -0.4 is 9.80 Å². The topological polar surface area (TPSA) is 98.1 Å². The number of rotatable bonds is 7. The number of fused-ring (bicyclic) bond motifs is 1. The third-order valence-corrected chi connectivity index (χ3v) is 7.11. The highest BCUT2D eigenvalue weighted by atomic mass is 32.2. The van der Waals surface area contributed by atoms with Crippen molar-refractivity contribution in [3.05, 3.63) is 79.0 Å². The lowest BCUT2D eigenvalue weighted by Gasteiger charge is -2.16. The standard InChI is InChI=1S/C22H20N2O6S2/c1-23(30-31(25)26)17-7-6-16-12-13-24(22(16)15-17)18-4-3-5-21(14-18)32(27,28)20-10-8-19(29-2)9-11-20/h3-15H,1-2H3,(H,25,26). The fraction of sp³-hybridized carbons (Fsp3) is 0.0909. The number of ether oxygens (including phenoxy) is 1. The molecule has 0 aliphatic carbocycles. The molecule has 0 fully saturated rings. The van der Waals surface area contributed by atoms with E-state index in [0.717, 1.165) is 10.9 Å². The zero-order chi connectivity index (χ0) is 22.9. The van der Waals surface area contributed by atoms with Crippen LogP contribution in [0.4, 0.5) is 5.69 Å². The number of methoxy groups -OCH3 is 1. The van der Waals surface area contributed by atoms with E-state index in [9.17, 15) is 12.6 Å². The van der Waals surface area contributed by atoms with Crippen LogP contribution in [0.3, 0.4) is 0 Å². The lowest BCUT2D eigenvalue weighted by molar-refractivity contribution is 0.295. The zero-order valence-corrected chi connectivity index (χ0v) is 18.8. The van der Waals surface area contributed by atoms with E-state index in [1.807, 2.05) is 29.0 Å². The molecule has 3 aromatic carbocycles. The predicted octanol–water partition coefficient (Wildman–Crippen LogP) is 3.98. The maximum absolute atomic E-state index is 13.1. The number of hydrogen-bond donors (Lipinski definition) is 1. The van der Waals surface area contributed by atoms with Gasteiger partial charge in [-0.25, -0.2) is 13.5 Å². The summed E-state index contributed by atoms with van der Waals surface area (Å²) in [6.45, 7) is 0. The van der Waals surface area contributed by atoms with Crippen molar-refractivity contribution in [2.45, 2.75) is 9.79 Å². The molecule has 0 radical (unpaired) electrons. The quantitative estimate of drug-likeness (QED) is 0.321. The fourth-order valence-electron chi connectivity index (χ4n) is 3.37. The molecule has 4 aromatic rings. The van der Waals surface area contributed by atoms with Crippen LogP contribution in [-0.4, -0.2) is 35.9 Å². The van der Waals surface area contributed by atoms with Crippen LogP contribution in [0.5, 0.6) is 5.75 Å². The number of aromatic nitrogens is 1. The molecule has 1 atom stereocenters. The Morgan fingerprint density at radius 2 is 1.72 bits per heavy atom. The van der Waals surface area contributed by atoms with Crippen molar-refractivity contribution in [1.82, 2.24) is 4.57 Å². The normalized spacial score (nSPS) is 12.6. The Morgan fingerprint density at radius 3 is 2.41 bits per heavy atom. The fourth-order valence-corrected chi connectivity index (χ4v) is 4.95. The molecule has 1 heterocycles. The van der Waals surface area contributed by atoms with Crippen LogP contribution in [-0.2, 0) is 25.5 Å². The van der Waals surface area contributed by atoms with Crippen LogP contribution in [0.1, 0.15) is 0 Å². The molecule has 0 bridgehead atoms. The Labute approximate surface area is 188 Å². The van der Waals surface area contributed by atoms with Crippen molar-refractivity contribution in [2.24, 2.45) is 0 Å². The van der Waals surface area contributed by atoms with E-state index in [4.69, 9.17) is 13.6 Å². The first-order chi connectivity index (χ1) is 15.3. The van der Waals surface area contributed by atoms with Gasteiger partial charge in [0.25, 0.3) is 0 Å². The van der Waals surface area contributed by atoms with Gasteiger partial charge in [-0.05, 0) is 60.7 Å². The smallest absolute Gasteiger partial charge is 0.325 e. The molecule has 166 valence electrons. The van der Waals surface area contributed by atoms with Gasteiger partial charge in [0.05, 0.1) is 28.1 Å². The van der Waals surface area contributed by atoms with E-state index < -0.39 is 21.2 Å². The van der Waals surface area contributed by atoms with E-state index >= 15 is 0 Å². The SMILES string of the molecule is COc1ccc(S(=O)(=O)c2cccc(-n3ccc4ccc(N(C)OS(=O)O)cc43)c2)cc1. The van der Waals surface area contributed by atoms with Crippen molar-refractivity contribution in [3.63, 3.8) is 0 Å². The lowest BCUT2D eigenvalue weighted by atomic mass is 10.2. The van der Waals surface area contributed by atoms with E-state index in [-0.39, 0.29) is 9.79 Å². The van der Waals surface area contributed by atoms with Gasteiger partial charge in [0.2, 0.25) is 9.84 Å². The highest BCUT2D eigenvalue weighted by Gasteiger charge is 2.19. The average molecular weight is 473 g/mol. The summed E-state index contributed by atoms with van der Waals surface area (Å²) in [4.78, 5) is 0.333. The number of anilines is 1. The molecule has 0 aliphatic rings. The molecule has 4 rings (SSSR count). The van der Waals surface area contributed by atoms with Gasteiger partial charge in [0.1, 0.15) is 5.75 Å². The summed E-state index contributed by atoms with van der Waals surface area (Å²) >= 11 is -2.45. The molecule has 0 saturated carbocycles. The minimum atomic E-state index is -3.72. The minimum absolute atomic E-state index is 0.161. The van der Waals surface area contributed by atoms with Crippen molar-refractivity contribution >= 4 is 37.8 Å². The van der Waals surface area contributed by atoms with Gasteiger partial charge in [-0.2, -0.15) is 4.21 Å². The number of hydroxylamine groups is 1. The van der Waals surface area contributed by atoms with Gasteiger partial charge in [0, 0.05) is 24.3 Å². The molecule has 0 aliphatic heterocycles. The maximum atomic E-state index is 13.1. The first-order valence-electron chi connectivity index (χ1n) is 9.43. The van der Waals surface area contributed by atoms with Crippen LogP contribution >= 0.6 is 0 Å². The number of hydrogen-bond acceptors (Lipinski definition) is 6. The van der Waals surface area contributed by atoms with Gasteiger partial charge >= 0.3 is 11.4 Å². The van der Waals surface area contributed by atoms with Crippen LogP contribution in [0.2, 0.25) is 0 Å². The van der Waals surface area contributed by atoms with Gasteiger partial charge in [-0.1, -0.05) is 12.1 Å². The molecule has 0 saturated heterocycles. The zero-order valence-electron chi connectivity index (χ0n) is 17.2. The Balaban J connectivity index is 1.75. The van der Waals surface area contributed by atoms with E-state index in [2.05, 4.69) is 0 Å². The minimum Gasteiger partial charge on any atom is -0.497 e. The van der Waals surface area contributed by atoms with Crippen LogP contribution in [0, 0.1) is 0 Å². The van der Waals surface area contributed by atoms with E-state index in [1.165, 1.54) is 31.4 Å². The summed E-state index contributed by atoms with van der Waals surface area (Å²) in [6.07, 6.45) is 1.83. The lowest BCUT2D eigenvalue weighted by Crippen LogP contribution is -2.18. The summed E-state index contributed by atoms with van der Waals surface area (Å²) in [5, 5.41) is 2.10. The molecular formula is C22H20N2O6S2. The summed E-state index contributed by atoms with van der Waals surface area (Å²) in [7, 11) is -0.685. The Bertz CT molecular complexity index is 1400. The van der Waals surface area contributed by atoms with Gasteiger partial charge in [-0.15, -0.1) is 4.28 Å². The third-order valence-electron chi connectivity index (χ3n) is 4.99. The summed E-state index contributed by atoms with van der Waals surface area (Å²) < 4.78 is 57.9. The first-order valence-corrected chi connectivity index (χ1v) is 11.9. The average Bonchev–Trinajstić information content (AvgIpc) is 3.22. The molecule has 0 amide bonds. The molecular weight excluding hydrogens is 452 g/mol. The van der Waals surface area contributed by atoms with Gasteiger partial charge < -0.3 is 9.30 Å². The maximum Gasteiger partial charge on any atom is 0.325 e. The third kappa shape index (κ3) is 4.26. The Morgan fingerprint density at radius 1 is 0.969 bits per heavy atom. The predicted molar refractivity (Wildman–Crippen MR) is 122 cm³/mol. The largest absolute Gasteiger partial charge is 0.497 e. The first kappa shape index (κ1) is 22.0. The van der Waals surface area contributed by atoms with Crippen molar-refractivity contribution < 1.29 is 26.2 Å². The van der Waals surface area contributed by atoms with E-state index in [0.29, 0.717) is 17.1 Å². The highest BCUT2D eigenvalue weighted by molar-refractivity contribution is 7.91. The second-order valence-corrected chi connectivity index (χ2v) is 9.43. The molecule has 1 aromatic heterocycles. The van der Waals surface area contributed by atoms with Crippen molar-refractivity contribution in [2.75, 3.05) is 19.2 Å². The van der Waals surface area contributed by atoms with Crippen LogP contribution in [0.25, 0.3) is 16.6 Å². The number of nitrogens with zero attached hydrogens (tertiary/aromatic N) is 2. The molecule has 10 heteroatoms. The summed E-state index contributed by atoms with van der Waals surface area (Å²) in [6, 6.07) is 20.2. The van der Waals surface area contributed by atoms with Crippen LogP contribution in [0.15, 0.2) is 88.8 Å². The second-order valence-electron chi connectivity index (χ2n) is 6.89. The summed E-state index contributed by atoms with van der Waals surface area (Å²) in [5.74, 6) is 0.575.